The maximum absolute atomic E-state index is 5.26. The Balaban J connectivity index is 1.92. The first-order valence-electron chi connectivity index (χ1n) is 7.32. The molecular weight excluding hydrogens is 236 g/mol. The number of benzene rings is 1. The highest BCUT2D eigenvalue weighted by atomic mass is 16.5. The minimum absolute atomic E-state index is 0.714. The molecule has 1 N–H and O–H groups in total. The monoisotopic (exact) mass is 262 g/mol. The molecule has 3 nitrogen and oxygen atoms in total. The van der Waals surface area contributed by atoms with Gasteiger partial charge in [-0.3, -0.25) is 4.90 Å². The smallest absolute Gasteiger partial charge is 0.0503 e. The molecule has 1 saturated heterocycles. The van der Waals surface area contributed by atoms with E-state index in [1.165, 1.54) is 30.6 Å². The zero-order valence-corrected chi connectivity index (χ0v) is 12.2. The molecule has 0 saturated carbocycles. The third-order valence-electron chi connectivity index (χ3n) is 3.85. The lowest BCUT2D eigenvalue weighted by Gasteiger charge is -2.18. The van der Waals surface area contributed by atoms with E-state index >= 15 is 0 Å². The van der Waals surface area contributed by atoms with E-state index < -0.39 is 0 Å². The number of ether oxygens (including phenoxy) is 1. The van der Waals surface area contributed by atoms with E-state index in [2.05, 4.69) is 41.4 Å². The number of rotatable bonds is 7. The molecular formula is C16H26N2O. The lowest BCUT2D eigenvalue weighted by Crippen LogP contribution is -2.23. The van der Waals surface area contributed by atoms with Crippen molar-refractivity contribution in [3.8, 4) is 0 Å². The Labute approximate surface area is 116 Å². The van der Waals surface area contributed by atoms with E-state index in [4.69, 9.17) is 4.74 Å². The van der Waals surface area contributed by atoms with E-state index in [9.17, 15) is 0 Å². The number of methoxy groups -OCH3 is 1. The molecule has 1 atom stereocenters. The van der Waals surface area contributed by atoms with Crippen LogP contribution in [0.3, 0.4) is 0 Å². The molecule has 106 valence electrons. The molecule has 0 radical (unpaired) electrons. The van der Waals surface area contributed by atoms with Crippen molar-refractivity contribution in [3.63, 3.8) is 0 Å². The van der Waals surface area contributed by atoms with Gasteiger partial charge in [-0.2, -0.15) is 0 Å². The van der Waals surface area contributed by atoms with Crippen LogP contribution in [0, 0.1) is 5.92 Å². The first-order valence-corrected chi connectivity index (χ1v) is 7.32. The first kappa shape index (κ1) is 14.5. The number of nitrogens with one attached hydrogen (secondary N) is 1. The van der Waals surface area contributed by atoms with Gasteiger partial charge in [-0.1, -0.05) is 31.2 Å². The van der Waals surface area contributed by atoms with E-state index in [-0.39, 0.29) is 0 Å². The second kappa shape index (κ2) is 7.63. The van der Waals surface area contributed by atoms with Crippen molar-refractivity contribution in [2.45, 2.75) is 26.4 Å². The van der Waals surface area contributed by atoms with Gasteiger partial charge >= 0.3 is 0 Å². The molecule has 0 bridgehead atoms. The van der Waals surface area contributed by atoms with Crippen molar-refractivity contribution >= 4 is 0 Å². The van der Waals surface area contributed by atoms with Gasteiger partial charge in [-0.25, -0.2) is 0 Å². The topological polar surface area (TPSA) is 24.5 Å². The summed E-state index contributed by atoms with van der Waals surface area (Å²) in [7, 11) is 1.80. The van der Waals surface area contributed by atoms with Crippen LogP contribution in [-0.2, 0) is 17.8 Å². The molecule has 0 amide bonds. The highest BCUT2D eigenvalue weighted by Crippen LogP contribution is 2.20. The summed E-state index contributed by atoms with van der Waals surface area (Å²) in [6, 6.07) is 8.78. The number of likely N-dealkylation sites (tertiary alicyclic amines) is 1. The summed E-state index contributed by atoms with van der Waals surface area (Å²) >= 11 is 0. The van der Waals surface area contributed by atoms with Crippen molar-refractivity contribution in [3.05, 3.63) is 35.4 Å². The molecule has 1 heterocycles. The van der Waals surface area contributed by atoms with Crippen LogP contribution in [0.4, 0.5) is 0 Å². The Kier molecular flexibility index (Phi) is 5.83. The molecule has 0 spiro atoms. The van der Waals surface area contributed by atoms with Gasteiger partial charge < -0.3 is 10.1 Å². The van der Waals surface area contributed by atoms with Crippen LogP contribution in [0.1, 0.15) is 24.5 Å². The minimum Gasteiger partial charge on any atom is -0.384 e. The molecule has 2 rings (SSSR count). The molecule has 0 aliphatic carbocycles. The largest absolute Gasteiger partial charge is 0.384 e. The number of hydrogen-bond acceptors (Lipinski definition) is 3. The molecule has 3 heteroatoms. The van der Waals surface area contributed by atoms with E-state index in [1.807, 2.05) is 0 Å². The summed E-state index contributed by atoms with van der Waals surface area (Å²) < 4.78 is 5.26. The van der Waals surface area contributed by atoms with Gasteiger partial charge in [0, 0.05) is 26.7 Å². The van der Waals surface area contributed by atoms with Gasteiger partial charge in [-0.15, -0.1) is 0 Å². The summed E-state index contributed by atoms with van der Waals surface area (Å²) in [6.45, 7) is 8.48. The predicted octanol–water partition coefficient (Wildman–Crippen LogP) is 2.26. The quantitative estimate of drug-likeness (QED) is 0.816. The van der Waals surface area contributed by atoms with Crippen LogP contribution in [0.15, 0.2) is 24.3 Å². The van der Waals surface area contributed by atoms with Crippen LogP contribution in [-0.4, -0.2) is 38.3 Å². The van der Waals surface area contributed by atoms with Gasteiger partial charge in [0.05, 0.1) is 6.61 Å². The Morgan fingerprint density at radius 2 is 2.11 bits per heavy atom. The van der Waals surface area contributed by atoms with Crippen LogP contribution >= 0.6 is 0 Å². The molecule has 1 aliphatic rings. The highest BCUT2D eigenvalue weighted by Gasteiger charge is 2.22. The molecule has 1 aliphatic heterocycles. The molecule has 1 fully saturated rings. The predicted molar refractivity (Wildman–Crippen MR) is 79.1 cm³/mol. The highest BCUT2D eigenvalue weighted by molar-refractivity contribution is 5.27. The van der Waals surface area contributed by atoms with Crippen LogP contribution < -0.4 is 5.32 Å². The van der Waals surface area contributed by atoms with Crippen LogP contribution in [0.5, 0.6) is 0 Å². The maximum Gasteiger partial charge on any atom is 0.0503 e. The van der Waals surface area contributed by atoms with Crippen molar-refractivity contribution < 1.29 is 4.74 Å². The summed E-state index contributed by atoms with van der Waals surface area (Å²) in [5.41, 5.74) is 2.89. The normalized spacial score (nSPS) is 20.0. The fraction of sp³-hybridized carbons (Fsp3) is 0.625. The summed E-state index contributed by atoms with van der Waals surface area (Å²) in [6.07, 6.45) is 1.27. The third kappa shape index (κ3) is 4.30. The number of hydrogen-bond donors (Lipinski definition) is 1. The SMILES string of the molecule is CCNCc1ccccc1CN1CCC(COC)C1. The van der Waals surface area contributed by atoms with Crippen molar-refractivity contribution in [2.24, 2.45) is 5.92 Å². The van der Waals surface area contributed by atoms with E-state index in [1.54, 1.807) is 7.11 Å². The summed E-state index contributed by atoms with van der Waals surface area (Å²) in [5, 5.41) is 3.42. The molecule has 19 heavy (non-hydrogen) atoms. The van der Waals surface area contributed by atoms with Gasteiger partial charge in [0.15, 0.2) is 0 Å². The fourth-order valence-corrected chi connectivity index (χ4v) is 2.81. The fourth-order valence-electron chi connectivity index (χ4n) is 2.81. The van der Waals surface area contributed by atoms with Crippen molar-refractivity contribution in [1.82, 2.24) is 10.2 Å². The van der Waals surface area contributed by atoms with Crippen molar-refractivity contribution in [1.29, 1.82) is 0 Å². The standard InChI is InChI=1S/C16H26N2O/c1-3-17-10-15-6-4-5-7-16(15)12-18-9-8-14(11-18)13-19-2/h4-7,14,17H,3,8-13H2,1-2H3. The van der Waals surface area contributed by atoms with Crippen molar-refractivity contribution in [2.75, 3.05) is 33.4 Å². The van der Waals surface area contributed by atoms with Crippen LogP contribution in [0.2, 0.25) is 0 Å². The first-order chi connectivity index (χ1) is 9.33. The Morgan fingerprint density at radius 1 is 1.32 bits per heavy atom. The number of nitrogens with zero attached hydrogens (tertiary/aromatic N) is 1. The minimum atomic E-state index is 0.714. The van der Waals surface area contributed by atoms with Gasteiger partial charge in [0.1, 0.15) is 0 Å². The average molecular weight is 262 g/mol. The Morgan fingerprint density at radius 3 is 2.84 bits per heavy atom. The molecule has 0 aromatic heterocycles. The Hall–Kier alpha value is -0.900. The van der Waals surface area contributed by atoms with E-state index in [0.717, 1.165) is 26.2 Å². The third-order valence-corrected chi connectivity index (χ3v) is 3.85. The zero-order chi connectivity index (χ0) is 13.5. The second-order valence-corrected chi connectivity index (χ2v) is 5.39. The van der Waals surface area contributed by atoms with Crippen LogP contribution in [0.25, 0.3) is 0 Å². The van der Waals surface area contributed by atoms with E-state index in [0.29, 0.717) is 5.92 Å². The summed E-state index contributed by atoms with van der Waals surface area (Å²) in [4.78, 5) is 2.55. The lowest BCUT2D eigenvalue weighted by molar-refractivity contribution is 0.152. The summed E-state index contributed by atoms with van der Waals surface area (Å²) in [5.74, 6) is 0.714. The van der Waals surface area contributed by atoms with Gasteiger partial charge in [0.25, 0.3) is 0 Å². The van der Waals surface area contributed by atoms with Gasteiger partial charge in [0.2, 0.25) is 0 Å². The molecule has 1 aromatic carbocycles. The Bertz CT molecular complexity index is 381. The molecule has 1 unspecified atom stereocenters. The molecule has 1 aromatic rings. The maximum atomic E-state index is 5.26. The second-order valence-electron chi connectivity index (χ2n) is 5.39. The lowest BCUT2D eigenvalue weighted by atomic mass is 10.1. The van der Waals surface area contributed by atoms with Gasteiger partial charge in [-0.05, 0) is 36.6 Å². The average Bonchev–Trinajstić information content (AvgIpc) is 2.86. The zero-order valence-electron chi connectivity index (χ0n) is 12.2.